The second-order valence-electron chi connectivity index (χ2n) is 6.12. The van der Waals surface area contributed by atoms with E-state index in [1.54, 1.807) is 18.2 Å². The van der Waals surface area contributed by atoms with Gasteiger partial charge in [0, 0.05) is 12.1 Å². The molecule has 2 fully saturated rings. The Labute approximate surface area is 118 Å². The molecular weight excluding hydrogens is 260 g/mol. The smallest absolute Gasteiger partial charge is 0.387 e. The maximum atomic E-state index is 12.2. The summed E-state index contributed by atoms with van der Waals surface area (Å²) in [6.45, 7) is -0.674. The predicted molar refractivity (Wildman–Crippen MR) is 73.9 cm³/mol. The number of halogens is 2. The molecule has 4 heteroatoms. The molecule has 0 spiro atoms. The molecule has 0 radical (unpaired) electrons. The van der Waals surface area contributed by atoms with Gasteiger partial charge < -0.3 is 10.1 Å². The fourth-order valence-corrected chi connectivity index (χ4v) is 3.83. The molecule has 4 unspecified atom stereocenters. The minimum absolute atomic E-state index is 0.167. The number of benzene rings is 1. The number of hydrogen-bond acceptors (Lipinski definition) is 2. The Kier molecular flexibility index (Phi) is 3.92. The molecule has 1 N–H and O–H groups in total. The van der Waals surface area contributed by atoms with E-state index in [-0.39, 0.29) is 11.8 Å². The molecule has 1 aromatic rings. The van der Waals surface area contributed by atoms with E-state index in [1.807, 2.05) is 6.07 Å². The zero-order chi connectivity index (χ0) is 14.1. The Morgan fingerprint density at radius 3 is 2.75 bits per heavy atom. The number of hydrogen-bond donors (Lipinski definition) is 1. The molecule has 110 valence electrons. The SMILES string of the molecule is CC(NC1CC2CCC1C2)c1cccc(OC(F)F)c1. The standard InChI is InChI=1S/C16H21F2NO/c1-10(19-15-8-11-5-6-13(15)7-11)12-3-2-4-14(9-12)20-16(17)18/h2-4,9-11,13,15-16,19H,5-8H2,1H3. The van der Waals surface area contributed by atoms with Gasteiger partial charge in [-0.05, 0) is 55.7 Å². The van der Waals surface area contributed by atoms with Gasteiger partial charge >= 0.3 is 6.61 Å². The first-order valence-electron chi connectivity index (χ1n) is 7.42. The summed E-state index contributed by atoms with van der Waals surface area (Å²) in [7, 11) is 0. The van der Waals surface area contributed by atoms with Gasteiger partial charge in [-0.1, -0.05) is 18.6 Å². The third kappa shape index (κ3) is 2.95. The average Bonchev–Trinajstić information content (AvgIpc) is 3.00. The van der Waals surface area contributed by atoms with Crippen molar-refractivity contribution in [3.05, 3.63) is 29.8 Å². The highest BCUT2D eigenvalue weighted by molar-refractivity contribution is 5.30. The first kappa shape index (κ1) is 13.8. The lowest BCUT2D eigenvalue weighted by molar-refractivity contribution is -0.0499. The van der Waals surface area contributed by atoms with Gasteiger partial charge in [0.2, 0.25) is 0 Å². The van der Waals surface area contributed by atoms with Crippen LogP contribution in [0, 0.1) is 11.8 Å². The Morgan fingerprint density at radius 2 is 2.10 bits per heavy atom. The van der Waals surface area contributed by atoms with Crippen LogP contribution in [0.2, 0.25) is 0 Å². The molecule has 2 aliphatic carbocycles. The Morgan fingerprint density at radius 1 is 1.25 bits per heavy atom. The van der Waals surface area contributed by atoms with Gasteiger partial charge in [-0.3, -0.25) is 0 Å². The van der Waals surface area contributed by atoms with Crippen molar-refractivity contribution in [1.82, 2.24) is 5.32 Å². The molecule has 2 nitrogen and oxygen atoms in total. The fourth-order valence-electron chi connectivity index (χ4n) is 3.83. The monoisotopic (exact) mass is 281 g/mol. The predicted octanol–water partition coefficient (Wildman–Crippen LogP) is 4.13. The van der Waals surface area contributed by atoms with Gasteiger partial charge in [0.1, 0.15) is 5.75 Å². The summed E-state index contributed by atoms with van der Waals surface area (Å²) >= 11 is 0. The molecule has 1 aromatic carbocycles. The van der Waals surface area contributed by atoms with Gasteiger partial charge in [-0.15, -0.1) is 0 Å². The van der Waals surface area contributed by atoms with Crippen LogP contribution < -0.4 is 10.1 Å². The highest BCUT2D eigenvalue weighted by Crippen LogP contribution is 2.45. The van der Waals surface area contributed by atoms with Crippen LogP contribution in [-0.4, -0.2) is 12.7 Å². The Hall–Kier alpha value is -1.16. The summed E-state index contributed by atoms with van der Waals surface area (Å²) in [6.07, 6.45) is 5.35. The molecule has 0 aliphatic heterocycles. The molecular formula is C16H21F2NO. The van der Waals surface area contributed by atoms with Crippen LogP contribution >= 0.6 is 0 Å². The van der Waals surface area contributed by atoms with Crippen molar-refractivity contribution in [2.24, 2.45) is 11.8 Å². The molecule has 2 saturated carbocycles. The van der Waals surface area contributed by atoms with Crippen LogP contribution in [0.5, 0.6) is 5.75 Å². The van der Waals surface area contributed by atoms with Crippen LogP contribution in [0.4, 0.5) is 8.78 Å². The van der Waals surface area contributed by atoms with Gasteiger partial charge in [0.25, 0.3) is 0 Å². The fraction of sp³-hybridized carbons (Fsp3) is 0.625. The van der Waals surface area contributed by atoms with Crippen LogP contribution in [0.15, 0.2) is 24.3 Å². The third-order valence-corrected chi connectivity index (χ3v) is 4.79. The van der Waals surface area contributed by atoms with Crippen molar-refractivity contribution < 1.29 is 13.5 Å². The van der Waals surface area contributed by atoms with Gasteiger partial charge in [0.05, 0.1) is 0 Å². The summed E-state index contributed by atoms with van der Waals surface area (Å²) in [4.78, 5) is 0. The summed E-state index contributed by atoms with van der Waals surface area (Å²) in [6, 6.07) is 7.76. The molecule has 2 bridgehead atoms. The number of ether oxygens (including phenoxy) is 1. The molecule has 0 aromatic heterocycles. The summed E-state index contributed by atoms with van der Waals surface area (Å²) < 4.78 is 29.0. The van der Waals surface area contributed by atoms with Gasteiger partial charge in [-0.25, -0.2) is 0 Å². The largest absolute Gasteiger partial charge is 0.435 e. The van der Waals surface area contributed by atoms with E-state index < -0.39 is 6.61 Å². The second-order valence-corrected chi connectivity index (χ2v) is 6.12. The van der Waals surface area contributed by atoms with E-state index in [9.17, 15) is 8.78 Å². The minimum atomic E-state index is -2.76. The quantitative estimate of drug-likeness (QED) is 0.876. The lowest BCUT2D eigenvalue weighted by Crippen LogP contribution is -2.35. The van der Waals surface area contributed by atoms with E-state index in [4.69, 9.17) is 0 Å². The number of nitrogens with one attached hydrogen (secondary N) is 1. The van der Waals surface area contributed by atoms with Crippen molar-refractivity contribution in [3.63, 3.8) is 0 Å². The number of alkyl halides is 2. The third-order valence-electron chi connectivity index (χ3n) is 4.79. The molecule has 4 atom stereocenters. The maximum Gasteiger partial charge on any atom is 0.387 e. The molecule has 0 saturated heterocycles. The number of fused-ring (bicyclic) bond motifs is 2. The van der Waals surface area contributed by atoms with E-state index in [0.29, 0.717) is 6.04 Å². The highest BCUT2D eigenvalue weighted by atomic mass is 19.3. The second kappa shape index (κ2) is 5.68. The average molecular weight is 281 g/mol. The highest BCUT2D eigenvalue weighted by Gasteiger charge is 2.39. The zero-order valence-corrected chi connectivity index (χ0v) is 11.7. The van der Waals surface area contributed by atoms with Crippen LogP contribution in [0.1, 0.15) is 44.2 Å². The molecule has 0 amide bonds. The molecule has 2 aliphatic rings. The van der Waals surface area contributed by atoms with E-state index in [2.05, 4.69) is 17.0 Å². The number of rotatable bonds is 5. The first-order valence-corrected chi connectivity index (χ1v) is 7.42. The van der Waals surface area contributed by atoms with E-state index in [0.717, 1.165) is 17.4 Å². The van der Waals surface area contributed by atoms with Crippen molar-refractivity contribution >= 4 is 0 Å². The van der Waals surface area contributed by atoms with Crippen molar-refractivity contribution in [2.75, 3.05) is 0 Å². The minimum Gasteiger partial charge on any atom is -0.435 e. The van der Waals surface area contributed by atoms with Gasteiger partial charge in [0.15, 0.2) is 0 Å². The molecule has 3 rings (SSSR count). The van der Waals surface area contributed by atoms with Crippen molar-refractivity contribution in [1.29, 1.82) is 0 Å². The first-order chi connectivity index (χ1) is 9.61. The molecule has 20 heavy (non-hydrogen) atoms. The summed E-state index contributed by atoms with van der Waals surface area (Å²) in [5, 5.41) is 3.66. The van der Waals surface area contributed by atoms with Crippen molar-refractivity contribution in [3.8, 4) is 5.75 Å². The van der Waals surface area contributed by atoms with Crippen LogP contribution in [0.3, 0.4) is 0 Å². The van der Waals surface area contributed by atoms with Gasteiger partial charge in [-0.2, -0.15) is 8.78 Å². The Balaban J connectivity index is 1.63. The zero-order valence-electron chi connectivity index (χ0n) is 11.7. The lowest BCUT2D eigenvalue weighted by atomic mass is 9.94. The summed E-state index contributed by atoms with van der Waals surface area (Å²) in [5.74, 6) is 1.94. The lowest BCUT2D eigenvalue weighted by Gasteiger charge is -2.27. The maximum absolute atomic E-state index is 12.2. The van der Waals surface area contributed by atoms with Crippen LogP contribution in [0.25, 0.3) is 0 Å². The molecule has 0 heterocycles. The Bertz CT molecular complexity index is 466. The van der Waals surface area contributed by atoms with E-state index in [1.165, 1.54) is 25.7 Å². The van der Waals surface area contributed by atoms with Crippen LogP contribution in [-0.2, 0) is 0 Å². The van der Waals surface area contributed by atoms with E-state index >= 15 is 0 Å². The topological polar surface area (TPSA) is 21.3 Å². The summed E-state index contributed by atoms with van der Waals surface area (Å²) in [5.41, 5.74) is 1.01. The normalized spacial score (nSPS) is 29.9. The van der Waals surface area contributed by atoms with Crippen molar-refractivity contribution in [2.45, 2.75) is 51.3 Å².